The highest BCUT2D eigenvalue weighted by Crippen LogP contribution is 2.67. The Kier molecular flexibility index (Phi) is 9.56. The van der Waals surface area contributed by atoms with E-state index < -0.39 is 0 Å². The predicted octanol–water partition coefficient (Wildman–Crippen LogP) is 2.81. The highest BCUT2D eigenvalue weighted by molar-refractivity contribution is 5.15. The molecule has 0 aromatic carbocycles. The topological polar surface area (TPSA) is 126 Å². The van der Waals surface area contributed by atoms with Crippen molar-refractivity contribution in [2.45, 2.75) is 102 Å². The van der Waals surface area contributed by atoms with Crippen LogP contribution in [-0.2, 0) is 14.2 Å². The van der Waals surface area contributed by atoms with Gasteiger partial charge in [-0.1, -0.05) is 13.8 Å². The van der Waals surface area contributed by atoms with Crippen LogP contribution in [0.25, 0.3) is 0 Å². The Labute approximate surface area is 213 Å². The number of aliphatic hydroxyl groups is 1. The lowest BCUT2D eigenvalue weighted by molar-refractivity contribution is -0.230. The van der Waals surface area contributed by atoms with Gasteiger partial charge >= 0.3 is 0 Å². The minimum atomic E-state index is -0.307. The summed E-state index contributed by atoms with van der Waals surface area (Å²) >= 11 is 0. The van der Waals surface area contributed by atoms with E-state index in [0.717, 1.165) is 71.0 Å². The zero-order valence-electron chi connectivity index (χ0n) is 22.3. The van der Waals surface area contributed by atoms with Crippen LogP contribution in [0.2, 0.25) is 0 Å². The molecule has 0 spiro atoms. The molecule has 4 rings (SSSR count). The van der Waals surface area contributed by atoms with E-state index in [2.05, 4.69) is 13.8 Å². The third-order valence-corrected chi connectivity index (χ3v) is 10.7. The molecule has 0 aliphatic heterocycles. The molecule has 4 aliphatic carbocycles. The first kappa shape index (κ1) is 27.7. The van der Waals surface area contributed by atoms with Crippen LogP contribution in [0.1, 0.15) is 78.1 Å². The van der Waals surface area contributed by atoms with Gasteiger partial charge in [-0.05, 0) is 113 Å². The second-order valence-electron chi connectivity index (χ2n) is 12.4. The van der Waals surface area contributed by atoms with E-state index in [1.54, 1.807) is 0 Å². The lowest BCUT2D eigenvalue weighted by Gasteiger charge is -2.64. The molecule has 0 radical (unpaired) electrons. The monoisotopic (exact) mass is 495 g/mol. The molecule has 7 nitrogen and oxygen atoms in total. The van der Waals surface area contributed by atoms with Crippen LogP contribution in [0.5, 0.6) is 0 Å². The van der Waals surface area contributed by atoms with Crippen molar-refractivity contribution in [1.82, 2.24) is 0 Å². The van der Waals surface area contributed by atoms with Gasteiger partial charge in [0.15, 0.2) is 0 Å². The fourth-order valence-electron chi connectivity index (χ4n) is 8.63. The van der Waals surface area contributed by atoms with E-state index in [1.165, 1.54) is 6.42 Å². The van der Waals surface area contributed by atoms with Crippen molar-refractivity contribution in [3.63, 3.8) is 0 Å². The maximum atomic E-state index is 11.2. The van der Waals surface area contributed by atoms with Gasteiger partial charge in [0.25, 0.3) is 0 Å². The highest BCUT2D eigenvalue weighted by Gasteiger charge is 2.66. The summed E-state index contributed by atoms with van der Waals surface area (Å²) in [5.74, 6) is 2.03. The van der Waals surface area contributed by atoms with Crippen molar-refractivity contribution < 1.29 is 19.3 Å². The molecule has 204 valence electrons. The number of hydrogen-bond donors (Lipinski definition) is 4. The highest BCUT2D eigenvalue weighted by atomic mass is 16.5. The first-order valence-electron chi connectivity index (χ1n) is 14.5. The van der Waals surface area contributed by atoms with E-state index in [-0.39, 0.29) is 29.1 Å². The van der Waals surface area contributed by atoms with Crippen LogP contribution in [0.15, 0.2) is 0 Å². The fraction of sp³-hybridized carbons (Fsp3) is 1.00. The van der Waals surface area contributed by atoms with Gasteiger partial charge in [-0.15, -0.1) is 0 Å². The lowest BCUT2D eigenvalue weighted by Crippen LogP contribution is -2.63. The molecular formula is C28H53N3O4. The molecule has 0 aromatic rings. The number of fused-ring (bicyclic) bond motifs is 5. The Morgan fingerprint density at radius 2 is 1.43 bits per heavy atom. The molecule has 10 atom stereocenters. The Morgan fingerprint density at radius 1 is 0.771 bits per heavy atom. The number of hydrogen-bond acceptors (Lipinski definition) is 7. The molecule has 35 heavy (non-hydrogen) atoms. The molecule has 4 aliphatic rings. The van der Waals surface area contributed by atoms with Gasteiger partial charge in [0.05, 0.1) is 24.4 Å². The molecular weight excluding hydrogens is 442 g/mol. The van der Waals surface area contributed by atoms with Gasteiger partial charge in [-0.2, -0.15) is 0 Å². The number of aliphatic hydroxyl groups excluding tert-OH is 1. The summed E-state index contributed by atoms with van der Waals surface area (Å²) in [6, 6.07) is 0. The van der Waals surface area contributed by atoms with Gasteiger partial charge in [0.2, 0.25) is 0 Å². The molecule has 0 saturated heterocycles. The van der Waals surface area contributed by atoms with Crippen LogP contribution in [0.3, 0.4) is 0 Å². The number of ether oxygens (including phenoxy) is 3. The summed E-state index contributed by atoms with van der Waals surface area (Å²) in [6.45, 7) is 9.01. The second-order valence-corrected chi connectivity index (χ2v) is 12.4. The predicted molar refractivity (Wildman–Crippen MR) is 139 cm³/mol. The second kappa shape index (κ2) is 12.1. The van der Waals surface area contributed by atoms with Crippen molar-refractivity contribution in [3.05, 3.63) is 0 Å². The van der Waals surface area contributed by atoms with Crippen LogP contribution < -0.4 is 17.2 Å². The molecule has 0 bridgehead atoms. The van der Waals surface area contributed by atoms with Gasteiger partial charge in [0.1, 0.15) is 0 Å². The molecule has 0 amide bonds. The SMILES string of the molecule is C[C@]12[C@@H](OCCCN)C[C@H]3C(C(OCCCN)CC4C[C@H](OCCCN)CC[C@@]43C)[C@@H]1CC[C@@H]2O. The van der Waals surface area contributed by atoms with Crippen LogP contribution in [-0.4, -0.2) is 69.0 Å². The average Bonchev–Trinajstić information content (AvgIpc) is 3.15. The van der Waals surface area contributed by atoms with Crippen molar-refractivity contribution in [2.24, 2.45) is 51.7 Å². The van der Waals surface area contributed by atoms with Gasteiger partial charge < -0.3 is 36.5 Å². The Hall–Kier alpha value is -0.280. The van der Waals surface area contributed by atoms with E-state index in [1.807, 2.05) is 0 Å². The summed E-state index contributed by atoms with van der Waals surface area (Å²) in [5, 5.41) is 11.2. The van der Waals surface area contributed by atoms with Crippen molar-refractivity contribution in [1.29, 1.82) is 0 Å². The summed E-state index contributed by atoms with van der Waals surface area (Å²) in [7, 11) is 0. The van der Waals surface area contributed by atoms with Gasteiger partial charge in [0, 0.05) is 25.2 Å². The third kappa shape index (κ3) is 5.34. The largest absolute Gasteiger partial charge is 0.392 e. The van der Waals surface area contributed by atoms with Gasteiger partial charge in [-0.3, -0.25) is 0 Å². The molecule has 0 heterocycles. The average molecular weight is 496 g/mol. The lowest BCUT2D eigenvalue weighted by atomic mass is 9.43. The Bertz CT molecular complexity index is 668. The Balaban J connectivity index is 1.60. The Morgan fingerprint density at radius 3 is 2.11 bits per heavy atom. The van der Waals surface area contributed by atoms with Crippen LogP contribution in [0.4, 0.5) is 0 Å². The smallest absolute Gasteiger partial charge is 0.0659 e. The van der Waals surface area contributed by atoms with Crippen molar-refractivity contribution >= 4 is 0 Å². The fourth-order valence-corrected chi connectivity index (χ4v) is 8.63. The summed E-state index contributed by atoms with van der Waals surface area (Å²) in [5.41, 5.74) is 17.3. The van der Waals surface area contributed by atoms with E-state index >= 15 is 0 Å². The minimum absolute atomic E-state index is 0.0802. The molecule has 7 heteroatoms. The van der Waals surface area contributed by atoms with Crippen LogP contribution >= 0.6 is 0 Å². The number of nitrogens with two attached hydrogens (primary N) is 3. The quantitative estimate of drug-likeness (QED) is 0.307. The maximum Gasteiger partial charge on any atom is 0.0659 e. The molecule has 7 N–H and O–H groups in total. The minimum Gasteiger partial charge on any atom is -0.392 e. The number of rotatable bonds is 12. The van der Waals surface area contributed by atoms with Crippen molar-refractivity contribution in [2.75, 3.05) is 39.5 Å². The zero-order chi connectivity index (χ0) is 25.1. The molecule has 3 unspecified atom stereocenters. The van der Waals surface area contributed by atoms with Crippen molar-refractivity contribution in [3.8, 4) is 0 Å². The first-order chi connectivity index (χ1) is 16.9. The first-order valence-corrected chi connectivity index (χ1v) is 14.5. The summed E-state index contributed by atoms with van der Waals surface area (Å²) < 4.78 is 19.5. The normalized spacial score (nSPS) is 45.1. The van der Waals surface area contributed by atoms with E-state index in [4.69, 9.17) is 31.4 Å². The molecule has 4 saturated carbocycles. The summed E-state index contributed by atoms with van der Waals surface area (Å²) in [4.78, 5) is 0. The van der Waals surface area contributed by atoms with Gasteiger partial charge in [-0.25, -0.2) is 0 Å². The zero-order valence-corrected chi connectivity index (χ0v) is 22.3. The standard InChI is InChI=1S/C28H53N3O4/c1-27-9-8-20(33-13-3-10-29)16-19(27)17-23(34-14-4-11-30)26-21-6-7-24(32)28(21,2)25(18-22(26)27)35-15-5-12-31/h19-26,32H,3-18,29-31H2,1-2H3/t19?,20-,21+,22+,23?,24+,25+,26?,27+,28+/m1/s1. The molecule has 0 aromatic heterocycles. The molecule has 4 fully saturated rings. The maximum absolute atomic E-state index is 11.2. The van der Waals surface area contributed by atoms with E-state index in [0.29, 0.717) is 56.0 Å². The van der Waals surface area contributed by atoms with E-state index in [9.17, 15) is 5.11 Å². The summed E-state index contributed by atoms with van der Waals surface area (Å²) in [6.07, 6.45) is 10.5. The third-order valence-electron chi connectivity index (χ3n) is 10.7. The van der Waals surface area contributed by atoms with Crippen LogP contribution in [0, 0.1) is 34.5 Å².